The maximum atomic E-state index is 13.5. The summed E-state index contributed by atoms with van der Waals surface area (Å²) in [6.07, 6.45) is 1.15. The number of pyridine rings is 1. The number of imidazole rings is 1. The lowest BCUT2D eigenvalue weighted by molar-refractivity contribution is 0.296. The van der Waals surface area contributed by atoms with Crippen LogP contribution in [-0.2, 0) is 16.9 Å². The van der Waals surface area contributed by atoms with Gasteiger partial charge in [-0.25, -0.2) is 18.2 Å². The maximum Gasteiger partial charge on any atom is 0.329 e. The van der Waals surface area contributed by atoms with Gasteiger partial charge in [0.1, 0.15) is 9.84 Å². The summed E-state index contributed by atoms with van der Waals surface area (Å²) >= 11 is 0. The van der Waals surface area contributed by atoms with Gasteiger partial charge in [-0.2, -0.15) is 0 Å². The van der Waals surface area contributed by atoms with Gasteiger partial charge in [0.25, 0.3) is 5.88 Å². The van der Waals surface area contributed by atoms with Crippen molar-refractivity contribution in [3.8, 4) is 22.8 Å². The van der Waals surface area contributed by atoms with Gasteiger partial charge in [-0.1, -0.05) is 24.3 Å². The van der Waals surface area contributed by atoms with Gasteiger partial charge in [0, 0.05) is 13.3 Å². The number of methoxy groups -OCH3 is 1. The number of rotatable bonds is 8. The molecule has 0 spiro atoms. The Balaban J connectivity index is 1.94. The molecule has 1 unspecified atom stereocenters. The molecule has 4 rings (SSSR count). The Morgan fingerprint density at radius 2 is 1.81 bits per heavy atom. The Morgan fingerprint density at radius 3 is 2.47 bits per heavy atom. The molecule has 36 heavy (non-hydrogen) atoms. The number of aryl methyl sites for hydroxylation is 2. The van der Waals surface area contributed by atoms with E-state index in [1.807, 2.05) is 31.2 Å². The molecule has 9 heteroatoms. The maximum absolute atomic E-state index is 13.5. The van der Waals surface area contributed by atoms with Gasteiger partial charge in [-0.05, 0) is 67.3 Å². The summed E-state index contributed by atoms with van der Waals surface area (Å²) in [7, 11) is -0.276. The van der Waals surface area contributed by atoms with E-state index in [1.54, 1.807) is 23.7 Å². The summed E-state index contributed by atoms with van der Waals surface area (Å²) in [6.45, 7) is 6.33. The number of ether oxygens (including phenoxy) is 2. The van der Waals surface area contributed by atoms with Crippen LogP contribution in [0.3, 0.4) is 0 Å². The van der Waals surface area contributed by atoms with Crippen molar-refractivity contribution < 1.29 is 17.9 Å². The Bertz CT molecular complexity index is 1600. The molecule has 0 saturated carbocycles. The lowest BCUT2D eigenvalue weighted by atomic mass is 9.97. The number of hydrogen-bond donors (Lipinski definition) is 0. The molecule has 0 amide bonds. The number of benzene rings is 2. The van der Waals surface area contributed by atoms with E-state index >= 15 is 0 Å². The first-order valence-electron chi connectivity index (χ1n) is 11.7. The van der Waals surface area contributed by atoms with Crippen molar-refractivity contribution in [3.05, 3.63) is 75.8 Å². The number of aromatic nitrogens is 3. The lowest BCUT2D eigenvalue weighted by Gasteiger charge is -2.19. The van der Waals surface area contributed by atoms with E-state index in [0.29, 0.717) is 29.1 Å². The highest BCUT2D eigenvalue weighted by Crippen LogP contribution is 2.32. The molecule has 2 aromatic heterocycles. The second-order valence-electron chi connectivity index (χ2n) is 8.95. The third-order valence-corrected chi connectivity index (χ3v) is 7.39. The first kappa shape index (κ1) is 25.5. The number of fused-ring (bicyclic) bond motifs is 1. The van der Waals surface area contributed by atoms with Crippen LogP contribution in [0.4, 0.5) is 0 Å². The first-order valence-corrected chi connectivity index (χ1v) is 13.7. The molecule has 1 atom stereocenters. The van der Waals surface area contributed by atoms with Crippen molar-refractivity contribution in [1.29, 1.82) is 0 Å². The van der Waals surface area contributed by atoms with Gasteiger partial charge in [0.05, 0.1) is 42.2 Å². The van der Waals surface area contributed by atoms with Crippen LogP contribution in [0, 0.1) is 13.8 Å². The molecule has 0 aliphatic rings. The number of hydrogen-bond acceptors (Lipinski definition) is 6. The van der Waals surface area contributed by atoms with Crippen LogP contribution in [-0.4, -0.2) is 48.3 Å². The van der Waals surface area contributed by atoms with Crippen LogP contribution >= 0.6 is 0 Å². The zero-order valence-electron chi connectivity index (χ0n) is 21.4. The predicted molar refractivity (Wildman–Crippen MR) is 142 cm³/mol. The second-order valence-corrected chi connectivity index (χ2v) is 11.1. The van der Waals surface area contributed by atoms with Crippen LogP contribution in [0.2, 0.25) is 0 Å². The van der Waals surface area contributed by atoms with Crippen molar-refractivity contribution in [2.24, 2.45) is 7.05 Å². The normalized spacial score (nSPS) is 12.6. The summed E-state index contributed by atoms with van der Waals surface area (Å²) in [6, 6.07) is 14.4. The fourth-order valence-electron chi connectivity index (χ4n) is 4.50. The van der Waals surface area contributed by atoms with Gasteiger partial charge in [0.15, 0.2) is 5.75 Å². The molecular weight excluding hydrogens is 478 g/mol. The highest BCUT2D eigenvalue weighted by atomic mass is 32.2. The molecule has 2 heterocycles. The molecule has 0 radical (unpaired) electrons. The Labute approximate surface area is 211 Å². The molecular formula is C27H31N3O5S. The van der Waals surface area contributed by atoms with Gasteiger partial charge >= 0.3 is 5.69 Å². The minimum absolute atomic E-state index is 0.251. The minimum Gasteiger partial charge on any atom is -0.491 e. The summed E-state index contributed by atoms with van der Waals surface area (Å²) in [5.74, 6) is 0.388. The molecule has 0 aliphatic carbocycles. The topological polar surface area (TPSA) is 92.4 Å². The van der Waals surface area contributed by atoms with Gasteiger partial charge in [-0.15, -0.1) is 0 Å². The standard InChI is InChI=1S/C27H31N3O5S/c1-7-35-26-25(34-5)14-12-21(28-26)24(16-36(6,32)33)30-22-13-11-19(15-23(22)29(4)27(30)31)20-10-8-9-17(2)18(20)3/h8-15,24H,7,16H2,1-6H3. The molecule has 190 valence electrons. The van der Waals surface area contributed by atoms with Crippen LogP contribution in [0.25, 0.3) is 22.2 Å². The number of nitrogens with zero attached hydrogens (tertiary/aromatic N) is 3. The molecule has 0 aliphatic heterocycles. The monoisotopic (exact) mass is 509 g/mol. The van der Waals surface area contributed by atoms with Crippen LogP contribution < -0.4 is 15.2 Å². The highest BCUT2D eigenvalue weighted by Gasteiger charge is 2.27. The number of sulfone groups is 1. The smallest absolute Gasteiger partial charge is 0.329 e. The van der Waals surface area contributed by atoms with E-state index in [-0.39, 0.29) is 17.3 Å². The average Bonchev–Trinajstić information content (AvgIpc) is 3.08. The summed E-state index contributed by atoms with van der Waals surface area (Å²) in [4.78, 5) is 18.1. The van der Waals surface area contributed by atoms with Crippen molar-refractivity contribution in [3.63, 3.8) is 0 Å². The Kier molecular flexibility index (Phi) is 6.95. The second kappa shape index (κ2) is 9.81. The molecule has 4 aromatic rings. The summed E-state index contributed by atoms with van der Waals surface area (Å²) in [5, 5.41) is 0. The van der Waals surface area contributed by atoms with E-state index in [9.17, 15) is 13.2 Å². The highest BCUT2D eigenvalue weighted by molar-refractivity contribution is 7.90. The largest absolute Gasteiger partial charge is 0.491 e. The molecule has 8 nitrogen and oxygen atoms in total. The van der Waals surface area contributed by atoms with Gasteiger partial charge in [0.2, 0.25) is 0 Å². The molecule has 0 fully saturated rings. The molecule has 0 bridgehead atoms. The Morgan fingerprint density at radius 1 is 1.06 bits per heavy atom. The SMILES string of the molecule is CCOc1nc(C(CS(C)(=O)=O)n2c(=O)n(C)c3cc(-c4cccc(C)c4C)ccc32)ccc1OC. The van der Waals surface area contributed by atoms with E-state index in [2.05, 4.69) is 31.0 Å². The average molecular weight is 510 g/mol. The third-order valence-electron chi connectivity index (χ3n) is 6.47. The quantitative estimate of drug-likeness (QED) is 0.356. The fraction of sp³-hybridized carbons (Fsp3) is 0.333. The lowest BCUT2D eigenvalue weighted by Crippen LogP contribution is -2.31. The first-order chi connectivity index (χ1) is 17.1. The van der Waals surface area contributed by atoms with E-state index in [0.717, 1.165) is 17.4 Å². The van der Waals surface area contributed by atoms with Crippen molar-refractivity contribution in [1.82, 2.24) is 14.1 Å². The van der Waals surface area contributed by atoms with Gasteiger partial charge < -0.3 is 9.47 Å². The fourth-order valence-corrected chi connectivity index (χ4v) is 5.39. The van der Waals surface area contributed by atoms with E-state index in [4.69, 9.17) is 9.47 Å². The van der Waals surface area contributed by atoms with Crippen LogP contribution in [0.1, 0.15) is 29.8 Å². The molecule has 0 N–H and O–H groups in total. The zero-order chi connectivity index (χ0) is 26.2. The van der Waals surface area contributed by atoms with Crippen LogP contribution in [0.5, 0.6) is 11.6 Å². The zero-order valence-corrected chi connectivity index (χ0v) is 22.2. The summed E-state index contributed by atoms with van der Waals surface area (Å²) < 4.78 is 39.0. The van der Waals surface area contributed by atoms with E-state index < -0.39 is 15.9 Å². The van der Waals surface area contributed by atoms with Crippen molar-refractivity contribution in [2.45, 2.75) is 26.8 Å². The van der Waals surface area contributed by atoms with Crippen molar-refractivity contribution >= 4 is 20.9 Å². The van der Waals surface area contributed by atoms with Crippen molar-refractivity contribution in [2.75, 3.05) is 25.7 Å². The molecule has 2 aromatic carbocycles. The predicted octanol–water partition coefficient (Wildman–Crippen LogP) is 4.06. The van der Waals surface area contributed by atoms with Crippen LogP contribution in [0.15, 0.2) is 53.3 Å². The third kappa shape index (κ3) is 4.75. The minimum atomic E-state index is -3.48. The van der Waals surface area contributed by atoms with Gasteiger partial charge in [-0.3, -0.25) is 9.13 Å². The van der Waals surface area contributed by atoms with E-state index in [1.165, 1.54) is 22.8 Å². The molecule has 0 saturated heterocycles. The Hall–Kier alpha value is -3.59. The summed E-state index contributed by atoms with van der Waals surface area (Å²) in [5.41, 5.74) is 5.83.